The first-order valence-corrected chi connectivity index (χ1v) is 7.51. The van der Waals surface area contributed by atoms with Crippen LogP contribution in [0.2, 0.25) is 0 Å². The van der Waals surface area contributed by atoms with Gasteiger partial charge in [-0.25, -0.2) is 0 Å². The summed E-state index contributed by atoms with van der Waals surface area (Å²) in [6, 6.07) is 11.5. The summed E-state index contributed by atoms with van der Waals surface area (Å²) in [4.78, 5) is 12.6. The van der Waals surface area contributed by atoms with E-state index in [2.05, 4.69) is 15.9 Å². The minimum atomic E-state index is 0.0500. The normalized spacial score (nSPS) is 13.5. The van der Waals surface area contributed by atoms with Gasteiger partial charge in [0, 0.05) is 15.6 Å². The zero-order valence-electron chi connectivity index (χ0n) is 11.3. The molecule has 0 atom stereocenters. The van der Waals surface area contributed by atoms with Crippen LogP contribution in [-0.4, -0.2) is 12.4 Å². The molecule has 0 radical (unpaired) electrons. The summed E-state index contributed by atoms with van der Waals surface area (Å²) in [7, 11) is 0. The first kappa shape index (κ1) is 13.4. The minimum Gasteiger partial charge on any atom is -0.493 e. The average molecular weight is 331 g/mol. The van der Waals surface area contributed by atoms with Gasteiger partial charge in [0.1, 0.15) is 5.75 Å². The Morgan fingerprint density at radius 1 is 1.20 bits per heavy atom. The van der Waals surface area contributed by atoms with Gasteiger partial charge in [-0.15, -0.1) is 0 Å². The summed E-state index contributed by atoms with van der Waals surface area (Å²) in [6.45, 7) is 2.76. The lowest BCUT2D eigenvalue weighted by Crippen LogP contribution is -2.10. The molecule has 2 aromatic carbocycles. The SMILES string of the molecule is Cc1ccc(Br)c(C(=O)c2ccc3c(c2)CCCO3)c1. The molecule has 1 heterocycles. The Labute approximate surface area is 126 Å². The van der Waals surface area contributed by atoms with Crippen LogP contribution in [0.3, 0.4) is 0 Å². The molecule has 3 heteroatoms. The molecular weight excluding hydrogens is 316 g/mol. The van der Waals surface area contributed by atoms with E-state index in [0.29, 0.717) is 5.56 Å². The summed E-state index contributed by atoms with van der Waals surface area (Å²) in [5, 5.41) is 0. The van der Waals surface area contributed by atoms with Gasteiger partial charge in [0.2, 0.25) is 0 Å². The van der Waals surface area contributed by atoms with E-state index in [-0.39, 0.29) is 5.78 Å². The smallest absolute Gasteiger partial charge is 0.194 e. The molecule has 2 aromatic rings. The van der Waals surface area contributed by atoms with Gasteiger partial charge in [-0.1, -0.05) is 27.6 Å². The highest BCUT2D eigenvalue weighted by Gasteiger charge is 2.16. The van der Waals surface area contributed by atoms with Crippen LogP contribution < -0.4 is 4.74 Å². The van der Waals surface area contributed by atoms with Crippen LogP contribution in [0.4, 0.5) is 0 Å². The lowest BCUT2D eigenvalue weighted by atomic mass is 9.97. The molecule has 0 spiro atoms. The Morgan fingerprint density at radius 2 is 2.05 bits per heavy atom. The molecule has 3 rings (SSSR count). The van der Waals surface area contributed by atoms with Gasteiger partial charge < -0.3 is 4.74 Å². The molecule has 0 amide bonds. The van der Waals surface area contributed by atoms with Crippen LogP contribution in [0, 0.1) is 6.92 Å². The Kier molecular flexibility index (Phi) is 3.62. The summed E-state index contributed by atoms with van der Waals surface area (Å²) in [5.41, 5.74) is 3.64. The highest BCUT2D eigenvalue weighted by Crippen LogP contribution is 2.28. The molecule has 0 fully saturated rings. The molecule has 102 valence electrons. The fourth-order valence-electron chi connectivity index (χ4n) is 2.47. The van der Waals surface area contributed by atoms with Crippen molar-refractivity contribution >= 4 is 21.7 Å². The van der Waals surface area contributed by atoms with Crippen LogP contribution in [0.5, 0.6) is 5.75 Å². The molecule has 2 nitrogen and oxygen atoms in total. The monoisotopic (exact) mass is 330 g/mol. The number of benzene rings is 2. The summed E-state index contributed by atoms with van der Waals surface area (Å²) in [5.74, 6) is 0.963. The average Bonchev–Trinajstić information content (AvgIpc) is 2.48. The van der Waals surface area contributed by atoms with Crippen molar-refractivity contribution in [2.24, 2.45) is 0 Å². The molecule has 0 unspecified atom stereocenters. The van der Waals surface area contributed by atoms with Crippen molar-refractivity contribution < 1.29 is 9.53 Å². The fourth-order valence-corrected chi connectivity index (χ4v) is 2.90. The third-order valence-electron chi connectivity index (χ3n) is 3.54. The van der Waals surface area contributed by atoms with E-state index in [1.807, 2.05) is 43.3 Å². The molecule has 0 saturated heterocycles. The van der Waals surface area contributed by atoms with Crippen molar-refractivity contribution in [3.05, 3.63) is 63.1 Å². The van der Waals surface area contributed by atoms with Crippen molar-refractivity contribution in [3.8, 4) is 5.75 Å². The van der Waals surface area contributed by atoms with E-state index in [4.69, 9.17) is 4.74 Å². The Bertz CT molecular complexity index is 677. The van der Waals surface area contributed by atoms with Gasteiger partial charge in [0.15, 0.2) is 5.78 Å². The highest BCUT2D eigenvalue weighted by molar-refractivity contribution is 9.10. The summed E-state index contributed by atoms with van der Waals surface area (Å²) >= 11 is 3.46. The molecular formula is C17H15BrO2. The predicted octanol–water partition coefficient (Wildman–Crippen LogP) is 4.31. The number of ether oxygens (including phenoxy) is 1. The second-order valence-electron chi connectivity index (χ2n) is 5.09. The molecule has 0 aliphatic carbocycles. The van der Waals surface area contributed by atoms with Crippen molar-refractivity contribution in [2.75, 3.05) is 6.61 Å². The number of carbonyl (C=O) groups excluding carboxylic acids is 1. The van der Waals surface area contributed by atoms with Crippen LogP contribution in [0.15, 0.2) is 40.9 Å². The summed E-state index contributed by atoms with van der Waals surface area (Å²) < 4.78 is 6.42. The lowest BCUT2D eigenvalue weighted by molar-refractivity contribution is 0.103. The van der Waals surface area contributed by atoms with Gasteiger partial charge in [-0.2, -0.15) is 0 Å². The number of ketones is 1. The van der Waals surface area contributed by atoms with E-state index in [9.17, 15) is 4.79 Å². The van der Waals surface area contributed by atoms with Gasteiger partial charge >= 0.3 is 0 Å². The van der Waals surface area contributed by atoms with Crippen LogP contribution in [-0.2, 0) is 6.42 Å². The molecule has 0 bridgehead atoms. The first-order valence-electron chi connectivity index (χ1n) is 6.72. The fraction of sp³-hybridized carbons (Fsp3) is 0.235. The van der Waals surface area contributed by atoms with Crippen molar-refractivity contribution in [1.29, 1.82) is 0 Å². The first-order chi connectivity index (χ1) is 9.65. The van der Waals surface area contributed by atoms with Crippen LogP contribution in [0.25, 0.3) is 0 Å². The van der Waals surface area contributed by atoms with E-state index in [1.165, 1.54) is 0 Å². The number of carbonyl (C=O) groups is 1. The predicted molar refractivity (Wildman–Crippen MR) is 82.6 cm³/mol. The third-order valence-corrected chi connectivity index (χ3v) is 4.23. The van der Waals surface area contributed by atoms with E-state index in [1.54, 1.807) is 0 Å². The minimum absolute atomic E-state index is 0.0500. The van der Waals surface area contributed by atoms with Crippen molar-refractivity contribution in [2.45, 2.75) is 19.8 Å². The lowest BCUT2D eigenvalue weighted by Gasteiger charge is -2.17. The quantitative estimate of drug-likeness (QED) is 0.767. The number of hydrogen-bond acceptors (Lipinski definition) is 2. The Balaban J connectivity index is 2.00. The molecule has 20 heavy (non-hydrogen) atoms. The number of rotatable bonds is 2. The standard InChI is InChI=1S/C17H15BrO2/c1-11-4-6-15(18)14(9-11)17(19)13-5-7-16-12(10-13)3-2-8-20-16/h4-7,9-10H,2-3,8H2,1H3. The number of halogens is 1. The van der Waals surface area contributed by atoms with Gasteiger partial charge in [-0.3, -0.25) is 4.79 Å². The molecule has 1 aliphatic rings. The van der Waals surface area contributed by atoms with E-state index >= 15 is 0 Å². The molecule has 1 aliphatic heterocycles. The molecule has 0 saturated carbocycles. The largest absolute Gasteiger partial charge is 0.493 e. The zero-order valence-corrected chi connectivity index (χ0v) is 12.9. The number of hydrogen-bond donors (Lipinski definition) is 0. The molecule has 0 aromatic heterocycles. The van der Waals surface area contributed by atoms with Crippen LogP contribution >= 0.6 is 15.9 Å². The van der Waals surface area contributed by atoms with E-state index < -0.39 is 0 Å². The van der Waals surface area contributed by atoms with Gasteiger partial charge in [0.25, 0.3) is 0 Å². The van der Waals surface area contributed by atoms with Gasteiger partial charge in [0.05, 0.1) is 6.61 Å². The zero-order chi connectivity index (χ0) is 14.1. The molecule has 0 N–H and O–H groups in total. The topological polar surface area (TPSA) is 26.3 Å². The Morgan fingerprint density at radius 3 is 2.90 bits per heavy atom. The second kappa shape index (κ2) is 5.41. The van der Waals surface area contributed by atoms with Gasteiger partial charge in [-0.05, 0) is 55.7 Å². The second-order valence-corrected chi connectivity index (χ2v) is 5.94. The van der Waals surface area contributed by atoms with E-state index in [0.717, 1.165) is 46.4 Å². The summed E-state index contributed by atoms with van der Waals surface area (Å²) in [6.07, 6.45) is 1.99. The maximum atomic E-state index is 12.6. The maximum absolute atomic E-state index is 12.6. The van der Waals surface area contributed by atoms with Crippen LogP contribution in [0.1, 0.15) is 33.5 Å². The maximum Gasteiger partial charge on any atom is 0.194 e. The highest BCUT2D eigenvalue weighted by atomic mass is 79.9. The number of aryl methyl sites for hydroxylation is 2. The Hall–Kier alpha value is -1.61. The van der Waals surface area contributed by atoms with Crippen molar-refractivity contribution in [1.82, 2.24) is 0 Å². The third kappa shape index (κ3) is 2.50. The van der Waals surface area contributed by atoms with Crippen molar-refractivity contribution in [3.63, 3.8) is 0 Å². The number of fused-ring (bicyclic) bond motifs is 1.